The Labute approximate surface area is 89.9 Å². The first kappa shape index (κ1) is 11.3. The maximum absolute atomic E-state index is 13.2. The fourth-order valence-corrected chi connectivity index (χ4v) is 1.32. The lowest BCUT2D eigenvalue weighted by molar-refractivity contribution is 0.0508. The van der Waals surface area contributed by atoms with Crippen LogP contribution in [0.4, 0.5) is 4.39 Å². The van der Waals surface area contributed by atoms with Gasteiger partial charge in [0.1, 0.15) is 5.75 Å². The number of hydrogen-bond donors (Lipinski definition) is 0. The van der Waals surface area contributed by atoms with Gasteiger partial charge in [-0.2, -0.15) is 0 Å². The van der Waals surface area contributed by atoms with Gasteiger partial charge in [0.2, 0.25) is 0 Å². The van der Waals surface area contributed by atoms with E-state index in [0.717, 1.165) is 0 Å². The molecule has 0 aliphatic carbocycles. The van der Waals surface area contributed by atoms with Crippen molar-refractivity contribution in [1.29, 1.82) is 0 Å². The number of ether oxygens (including phenoxy) is 3. The Hall–Kier alpha value is -0.810. The van der Waals surface area contributed by atoms with Gasteiger partial charge in [-0.25, -0.2) is 4.39 Å². The third-order valence-electron chi connectivity index (χ3n) is 1.53. The maximum atomic E-state index is 13.2. The average molecular weight is 265 g/mol. The van der Waals surface area contributed by atoms with Gasteiger partial charge in [0.15, 0.2) is 18.4 Å². The van der Waals surface area contributed by atoms with E-state index in [0.29, 0.717) is 10.2 Å². The van der Waals surface area contributed by atoms with E-state index in [1.165, 1.54) is 26.4 Å². The minimum atomic E-state index is -0.447. The van der Waals surface area contributed by atoms with Gasteiger partial charge in [0.05, 0.1) is 11.6 Å². The summed E-state index contributed by atoms with van der Waals surface area (Å²) in [4.78, 5) is 0. The molecular weight excluding hydrogens is 255 g/mol. The quantitative estimate of drug-likeness (QED) is 0.783. The lowest BCUT2D eigenvalue weighted by atomic mass is 10.3. The van der Waals surface area contributed by atoms with E-state index < -0.39 is 5.82 Å². The zero-order valence-corrected chi connectivity index (χ0v) is 9.43. The van der Waals surface area contributed by atoms with Crippen molar-refractivity contribution in [2.75, 3.05) is 21.0 Å². The van der Waals surface area contributed by atoms with Crippen LogP contribution in [-0.4, -0.2) is 21.0 Å². The minimum Gasteiger partial charge on any atom is -0.493 e. The molecule has 0 radical (unpaired) electrons. The van der Waals surface area contributed by atoms with Crippen molar-refractivity contribution in [3.8, 4) is 11.5 Å². The summed E-state index contributed by atoms with van der Waals surface area (Å²) in [6, 6.07) is 2.97. The van der Waals surface area contributed by atoms with Gasteiger partial charge in [-0.15, -0.1) is 0 Å². The summed E-state index contributed by atoms with van der Waals surface area (Å²) < 4.78 is 28.2. The highest BCUT2D eigenvalue weighted by atomic mass is 79.9. The predicted octanol–water partition coefficient (Wildman–Crippen LogP) is 2.58. The molecule has 0 aliphatic rings. The van der Waals surface area contributed by atoms with Crippen molar-refractivity contribution in [2.45, 2.75) is 0 Å². The Morgan fingerprint density at radius 3 is 2.64 bits per heavy atom. The van der Waals surface area contributed by atoms with Gasteiger partial charge in [-0.3, -0.25) is 0 Å². The van der Waals surface area contributed by atoms with Crippen LogP contribution in [0.5, 0.6) is 11.5 Å². The standard InChI is InChI=1S/C9H10BrFO3/c1-12-5-14-6-3-7(10)9(11)8(4-6)13-2/h3-4H,5H2,1-2H3. The molecule has 1 aromatic rings. The van der Waals surface area contributed by atoms with E-state index in [9.17, 15) is 4.39 Å². The highest BCUT2D eigenvalue weighted by Crippen LogP contribution is 2.30. The Bertz CT molecular complexity index is 317. The molecule has 0 heterocycles. The van der Waals surface area contributed by atoms with Gasteiger partial charge in [-0.1, -0.05) is 0 Å². The first-order valence-electron chi connectivity index (χ1n) is 3.83. The van der Waals surface area contributed by atoms with Crippen molar-refractivity contribution in [1.82, 2.24) is 0 Å². The van der Waals surface area contributed by atoms with Crippen LogP contribution in [-0.2, 0) is 4.74 Å². The zero-order valence-electron chi connectivity index (χ0n) is 7.84. The van der Waals surface area contributed by atoms with Crippen molar-refractivity contribution in [2.24, 2.45) is 0 Å². The second-order valence-electron chi connectivity index (χ2n) is 2.47. The summed E-state index contributed by atoms with van der Waals surface area (Å²) in [6.45, 7) is 0.112. The van der Waals surface area contributed by atoms with Gasteiger partial charge < -0.3 is 14.2 Å². The summed E-state index contributed by atoms with van der Waals surface area (Å²) in [6.07, 6.45) is 0. The summed E-state index contributed by atoms with van der Waals surface area (Å²) in [7, 11) is 2.90. The van der Waals surface area contributed by atoms with Crippen LogP contribution in [0.1, 0.15) is 0 Å². The monoisotopic (exact) mass is 264 g/mol. The number of halogens is 2. The molecule has 0 fully saturated rings. The predicted molar refractivity (Wildman–Crippen MR) is 53.2 cm³/mol. The number of methoxy groups -OCH3 is 2. The van der Waals surface area contributed by atoms with Crippen molar-refractivity contribution >= 4 is 15.9 Å². The highest BCUT2D eigenvalue weighted by Gasteiger charge is 2.09. The van der Waals surface area contributed by atoms with E-state index in [1.54, 1.807) is 0 Å². The average Bonchev–Trinajstić information content (AvgIpc) is 2.19. The van der Waals surface area contributed by atoms with E-state index in [-0.39, 0.29) is 12.5 Å². The molecule has 0 saturated heterocycles. The lowest BCUT2D eigenvalue weighted by Gasteiger charge is -2.08. The van der Waals surface area contributed by atoms with E-state index in [4.69, 9.17) is 14.2 Å². The van der Waals surface area contributed by atoms with Gasteiger partial charge in [0, 0.05) is 13.2 Å². The molecule has 1 rings (SSSR count). The van der Waals surface area contributed by atoms with Crippen molar-refractivity contribution in [3.63, 3.8) is 0 Å². The molecule has 3 nitrogen and oxygen atoms in total. The second-order valence-corrected chi connectivity index (χ2v) is 3.33. The highest BCUT2D eigenvalue weighted by molar-refractivity contribution is 9.10. The molecule has 0 N–H and O–H groups in total. The van der Waals surface area contributed by atoms with Crippen molar-refractivity contribution in [3.05, 3.63) is 22.4 Å². The molecule has 78 valence electrons. The second kappa shape index (κ2) is 5.17. The normalized spacial score (nSPS) is 10.0. The van der Waals surface area contributed by atoms with E-state index in [1.807, 2.05) is 0 Å². The first-order chi connectivity index (χ1) is 6.69. The summed E-state index contributed by atoms with van der Waals surface area (Å²) in [5.41, 5.74) is 0. The fraction of sp³-hybridized carbons (Fsp3) is 0.333. The fourth-order valence-electron chi connectivity index (χ4n) is 0.899. The Kier molecular flexibility index (Phi) is 4.16. The van der Waals surface area contributed by atoms with Crippen LogP contribution in [0, 0.1) is 5.82 Å². The number of benzene rings is 1. The Balaban J connectivity index is 2.91. The smallest absolute Gasteiger partial charge is 0.188 e. The Morgan fingerprint density at radius 2 is 2.07 bits per heavy atom. The molecule has 0 unspecified atom stereocenters. The molecule has 0 bridgehead atoms. The zero-order chi connectivity index (χ0) is 10.6. The molecule has 0 atom stereocenters. The van der Waals surface area contributed by atoms with Gasteiger partial charge >= 0.3 is 0 Å². The van der Waals surface area contributed by atoms with Gasteiger partial charge in [-0.05, 0) is 22.0 Å². The van der Waals surface area contributed by atoms with E-state index in [2.05, 4.69) is 15.9 Å². The van der Waals surface area contributed by atoms with Gasteiger partial charge in [0.25, 0.3) is 0 Å². The molecule has 14 heavy (non-hydrogen) atoms. The van der Waals surface area contributed by atoms with Crippen LogP contribution >= 0.6 is 15.9 Å². The molecule has 0 aromatic heterocycles. The molecule has 0 aliphatic heterocycles. The molecule has 0 amide bonds. The topological polar surface area (TPSA) is 27.7 Å². The van der Waals surface area contributed by atoms with Crippen LogP contribution in [0.15, 0.2) is 16.6 Å². The lowest BCUT2D eigenvalue weighted by Crippen LogP contribution is -2.00. The summed E-state index contributed by atoms with van der Waals surface area (Å²) in [5, 5.41) is 0. The van der Waals surface area contributed by atoms with Crippen LogP contribution in [0.2, 0.25) is 0 Å². The van der Waals surface area contributed by atoms with E-state index >= 15 is 0 Å². The molecule has 5 heteroatoms. The maximum Gasteiger partial charge on any atom is 0.188 e. The summed E-state index contributed by atoms with van der Waals surface area (Å²) in [5.74, 6) is 0.166. The SMILES string of the molecule is COCOc1cc(Br)c(F)c(OC)c1. The first-order valence-corrected chi connectivity index (χ1v) is 4.63. The third-order valence-corrected chi connectivity index (χ3v) is 2.11. The van der Waals surface area contributed by atoms with Crippen LogP contribution < -0.4 is 9.47 Å². The molecule has 0 saturated carbocycles. The number of hydrogen-bond acceptors (Lipinski definition) is 3. The minimum absolute atomic E-state index is 0.112. The third kappa shape index (κ3) is 2.59. The molecule has 1 aromatic carbocycles. The van der Waals surface area contributed by atoms with Crippen molar-refractivity contribution < 1.29 is 18.6 Å². The Morgan fingerprint density at radius 1 is 1.36 bits per heavy atom. The molecule has 0 spiro atoms. The summed E-state index contributed by atoms with van der Waals surface area (Å²) >= 11 is 3.05. The number of rotatable bonds is 4. The largest absolute Gasteiger partial charge is 0.493 e. The van der Waals surface area contributed by atoms with Crippen LogP contribution in [0.25, 0.3) is 0 Å². The molecular formula is C9H10BrFO3. The van der Waals surface area contributed by atoms with Crippen LogP contribution in [0.3, 0.4) is 0 Å².